The number of carbonyl (C=O) groups excluding carboxylic acids is 1. The second-order valence-corrected chi connectivity index (χ2v) is 6.78. The summed E-state index contributed by atoms with van der Waals surface area (Å²) in [5, 5.41) is 21.2. The highest BCUT2D eigenvalue weighted by atomic mass is 32.2. The normalized spacial score (nSPS) is 10.9. The molecule has 124 valence electrons. The van der Waals surface area contributed by atoms with Crippen molar-refractivity contribution in [3.05, 3.63) is 48.0 Å². The molecule has 1 N–H and O–H groups in total. The van der Waals surface area contributed by atoms with E-state index in [1.807, 2.05) is 42.5 Å². The van der Waals surface area contributed by atoms with Crippen molar-refractivity contribution in [1.82, 2.24) is 20.4 Å². The van der Waals surface area contributed by atoms with Crippen molar-refractivity contribution in [1.29, 1.82) is 0 Å². The van der Waals surface area contributed by atoms with Gasteiger partial charge in [0.25, 0.3) is 5.22 Å². The first-order chi connectivity index (χ1) is 12.3. The summed E-state index contributed by atoms with van der Waals surface area (Å²) in [5.74, 6) is 0.379. The fourth-order valence-corrected chi connectivity index (χ4v) is 3.24. The zero-order valence-corrected chi connectivity index (χ0v) is 14.4. The van der Waals surface area contributed by atoms with Crippen molar-refractivity contribution in [2.75, 3.05) is 11.1 Å². The van der Waals surface area contributed by atoms with Gasteiger partial charge in [-0.25, -0.2) is 0 Å². The van der Waals surface area contributed by atoms with Crippen LogP contribution in [0.1, 0.15) is 0 Å². The summed E-state index contributed by atoms with van der Waals surface area (Å²) in [4.78, 5) is 11.8. The minimum Gasteiger partial charge on any atom is -0.411 e. The van der Waals surface area contributed by atoms with Gasteiger partial charge in [0.05, 0.1) is 5.75 Å². The Morgan fingerprint density at radius 1 is 1.12 bits per heavy atom. The van der Waals surface area contributed by atoms with Gasteiger partial charge in [-0.1, -0.05) is 53.4 Å². The Bertz CT molecular complexity index is 1020. The molecule has 1 amide bonds. The lowest BCUT2D eigenvalue weighted by Gasteiger charge is -1.99. The Morgan fingerprint density at radius 3 is 2.84 bits per heavy atom. The fourth-order valence-electron chi connectivity index (χ4n) is 2.22. The summed E-state index contributed by atoms with van der Waals surface area (Å²) >= 11 is 2.43. The zero-order valence-electron chi connectivity index (χ0n) is 12.7. The third-order valence-electron chi connectivity index (χ3n) is 3.34. The van der Waals surface area contributed by atoms with Gasteiger partial charge in [-0.05, 0) is 22.9 Å². The molecule has 4 rings (SSSR count). The molecule has 0 spiro atoms. The molecule has 2 heterocycles. The van der Waals surface area contributed by atoms with Gasteiger partial charge in [0.2, 0.25) is 16.9 Å². The van der Waals surface area contributed by atoms with Crippen LogP contribution in [0.3, 0.4) is 0 Å². The van der Waals surface area contributed by atoms with Gasteiger partial charge in [-0.3, -0.25) is 10.1 Å². The first-order valence-corrected chi connectivity index (χ1v) is 9.16. The van der Waals surface area contributed by atoms with Crippen LogP contribution in [0.25, 0.3) is 22.2 Å². The van der Waals surface area contributed by atoms with Crippen LogP contribution in [0.2, 0.25) is 0 Å². The van der Waals surface area contributed by atoms with E-state index in [4.69, 9.17) is 4.42 Å². The maximum atomic E-state index is 11.8. The van der Waals surface area contributed by atoms with Crippen molar-refractivity contribution in [3.8, 4) is 11.5 Å². The molecule has 0 atom stereocenters. The van der Waals surface area contributed by atoms with E-state index < -0.39 is 0 Å². The van der Waals surface area contributed by atoms with Gasteiger partial charge in [-0.15, -0.1) is 20.4 Å². The number of anilines is 1. The van der Waals surface area contributed by atoms with Crippen LogP contribution in [0.4, 0.5) is 5.13 Å². The minimum absolute atomic E-state index is 0.152. The van der Waals surface area contributed by atoms with E-state index in [2.05, 4.69) is 25.7 Å². The second kappa shape index (κ2) is 6.99. The van der Waals surface area contributed by atoms with E-state index in [1.165, 1.54) is 23.1 Å². The zero-order chi connectivity index (χ0) is 17.1. The van der Waals surface area contributed by atoms with E-state index in [0.717, 1.165) is 16.3 Å². The Kier molecular flexibility index (Phi) is 4.40. The number of hydrogen-bond donors (Lipinski definition) is 1. The fraction of sp³-hybridized carbons (Fsp3) is 0.0625. The van der Waals surface area contributed by atoms with Gasteiger partial charge in [0.1, 0.15) is 5.51 Å². The van der Waals surface area contributed by atoms with Crippen LogP contribution in [0.5, 0.6) is 0 Å². The van der Waals surface area contributed by atoms with E-state index >= 15 is 0 Å². The molecule has 0 bridgehead atoms. The van der Waals surface area contributed by atoms with Gasteiger partial charge < -0.3 is 4.42 Å². The van der Waals surface area contributed by atoms with E-state index in [9.17, 15) is 4.79 Å². The third kappa shape index (κ3) is 3.67. The van der Waals surface area contributed by atoms with Crippen molar-refractivity contribution < 1.29 is 9.21 Å². The number of aromatic nitrogens is 4. The number of hydrogen-bond acceptors (Lipinski definition) is 8. The standard InChI is InChI=1S/C16H11N5O2S2/c22-13(18-15-20-17-9-25-15)8-24-16-21-19-14(23-16)12-6-5-10-3-1-2-4-11(10)7-12/h1-7,9H,8H2,(H,18,20,22). The smallest absolute Gasteiger partial charge is 0.277 e. The maximum Gasteiger partial charge on any atom is 0.277 e. The summed E-state index contributed by atoms with van der Waals surface area (Å²) in [6.07, 6.45) is 0. The van der Waals surface area contributed by atoms with Crippen LogP contribution >= 0.6 is 23.1 Å². The molecule has 0 aliphatic rings. The minimum atomic E-state index is -0.202. The SMILES string of the molecule is O=C(CSc1nnc(-c2ccc3ccccc3c2)o1)Nc1nncs1. The lowest BCUT2D eigenvalue weighted by Crippen LogP contribution is -2.13. The first-order valence-electron chi connectivity index (χ1n) is 7.29. The van der Waals surface area contributed by atoms with Crippen LogP contribution in [0.15, 0.2) is 57.6 Å². The third-order valence-corrected chi connectivity index (χ3v) is 4.76. The summed E-state index contributed by atoms with van der Waals surface area (Å²) in [7, 11) is 0. The Morgan fingerprint density at radius 2 is 2.00 bits per heavy atom. The number of nitrogens with one attached hydrogen (secondary N) is 1. The van der Waals surface area contributed by atoms with Gasteiger partial charge in [-0.2, -0.15) is 0 Å². The van der Waals surface area contributed by atoms with Gasteiger partial charge in [0, 0.05) is 5.56 Å². The van der Waals surface area contributed by atoms with Crippen LogP contribution in [-0.2, 0) is 4.79 Å². The Balaban J connectivity index is 1.43. The molecular formula is C16H11N5O2S2. The van der Waals surface area contributed by atoms with Crippen molar-refractivity contribution in [3.63, 3.8) is 0 Å². The van der Waals surface area contributed by atoms with E-state index in [0.29, 0.717) is 16.2 Å². The van der Waals surface area contributed by atoms with Crippen molar-refractivity contribution in [2.45, 2.75) is 5.22 Å². The molecule has 7 nitrogen and oxygen atoms in total. The summed E-state index contributed by atoms with van der Waals surface area (Å²) in [5.41, 5.74) is 2.40. The number of benzene rings is 2. The molecular weight excluding hydrogens is 358 g/mol. The van der Waals surface area contributed by atoms with Crippen molar-refractivity contribution in [2.24, 2.45) is 0 Å². The Labute approximate surface area is 150 Å². The summed E-state index contributed by atoms with van der Waals surface area (Å²) in [6.45, 7) is 0. The van der Waals surface area contributed by atoms with Gasteiger partial charge in [0.15, 0.2) is 0 Å². The molecule has 4 aromatic rings. The molecule has 0 saturated carbocycles. The number of rotatable bonds is 5. The number of amides is 1. The molecule has 9 heteroatoms. The topological polar surface area (TPSA) is 93.8 Å². The van der Waals surface area contributed by atoms with Crippen molar-refractivity contribution >= 4 is 44.9 Å². The second-order valence-electron chi connectivity index (χ2n) is 5.02. The lowest BCUT2D eigenvalue weighted by molar-refractivity contribution is -0.113. The predicted molar refractivity (Wildman–Crippen MR) is 96.5 cm³/mol. The highest BCUT2D eigenvalue weighted by Gasteiger charge is 2.12. The molecule has 2 aromatic carbocycles. The maximum absolute atomic E-state index is 11.8. The molecule has 2 aromatic heterocycles. The number of nitrogens with zero attached hydrogens (tertiary/aromatic N) is 4. The highest BCUT2D eigenvalue weighted by Crippen LogP contribution is 2.26. The molecule has 0 unspecified atom stereocenters. The molecule has 0 aliphatic carbocycles. The molecule has 0 aliphatic heterocycles. The quantitative estimate of drug-likeness (QED) is 0.538. The van der Waals surface area contributed by atoms with E-state index in [-0.39, 0.29) is 11.7 Å². The Hall–Kier alpha value is -2.78. The average Bonchev–Trinajstić information content (AvgIpc) is 3.31. The monoisotopic (exact) mass is 369 g/mol. The lowest BCUT2D eigenvalue weighted by atomic mass is 10.1. The predicted octanol–water partition coefficient (Wildman–Crippen LogP) is 3.47. The largest absolute Gasteiger partial charge is 0.411 e. The molecule has 0 radical (unpaired) electrons. The average molecular weight is 369 g/mol. The first kappa shape index (κ1) is 15.7. The van der Waals surface area contributed by atoms with E-state index in [1.54, 1.807) is 5.51 Å². The highest BCUT2D eigenvalue weighted by molar-refractivity contribution is 7.99. The number of fused-ring (bicyclic) bond motifs is 1. The molecule has 0 fully saturated rings. The summed E-state index contributed by atoms with van der Waals surface area (Å²) in [6, 6.07) is 14.0. The van der Waals surface area contributed by atoms with Crippen LogP contribution in [-0.4, -0.2) is 32.1 Å². The summed E-state index contributed by atoms with van der Waals surface area (Å²) < 4.78 is 5.64. The van der Waals surface area contributed by atoms with Gasteiger partial charge >= 0.3 is 0 Å². The molecule has 25 heavy (non-hydrogen) atoms. The number of carbonyl (C=O) groups is 1. The van der Waals surface area contributed by atoms with Crippen LogP contribution in [0, 0.1) is 0 Å². The number of thioether (sulfide) groups is 1. The van der Waals surface area contributed by atoms with Crippen LogP contribution < -0.4 is 5.32 Å². The molecule has 0 saturated heterocycles.